The Labute approximate surface area is 103 Å². The van der Waals surface area contributed by atoms with E-state index >= 15 is 0 Å². The largest absolute Gasteiger partial charge is 0.748 e. The van der Waals surface area contributed by atoms with Crippen molar-refractivity contribution in [1.82, 2.24) is 0 Å². The van der Waals surface area contributed by atoms with Crippen LogP contribution >= 0.6 is 23.2 Å². The van der Waals surface area contributed by atoms with E-state index in [2.05, 4.69) is 0 Å². The van der Waals surface area contributed by atoms with Gasteiger partial charge >= 0.3 is 0 Å². The predicted molar refractivity (Wildman–Crippen MR) is 54.1 cm³/mol. The van der Waals surface area contributed by atoms with E-state index in [0.29, 0.717) is 10.0 Å². The maximum absolute atomic E-state index is 5.49. The Bertz CT molecular complexity index is 265. The smallest absolute Gasteiger partial charge is 0 e. The van der Waals surface area contributed by atoms with Gasteiger partial charge in [0.2, 0.25) is 0 Å². The first kappa shape index (κ1) is 13.0. The van der Waals surface area contributed by atoms with Gasteiger partial charge < -0.3 is 30.3 Å². The average Bonchev–Trinajstić information content (AvgIpc) is 2.67. The minimum absolute atomic E-state index is 0. The summed E-state index contributed by atoms with van der Waals surface area (Å²) in [4.78, 5) is 0. The van der Waals surface area contributed by atoms with E-state index in [1.807, 2.05) is 36.4 Å². The molecule has 0 bridgehead atoms. The average molecular weight is 247 g/mol. The van der Waals surface area contributed by atoms with Crippen molar-refractivity contribution in [3.63, 3.8) is 0 Å². The second-order valence-corrected chi connectivity index (χ2v) is 3.00. The van der Waals surface area contributed by atoms with Gasteiger partial charge in [0.1, 0.15) is 0 Å². The van der Waals surface area contributed by atoms with E-state index in [0.717, 1.165) is 0 Å². The molecule has 3 heteroatoms. The van der Waals surface area contributed by atoms with Crippen LogP contribution in [0.25, 0.3) is 0 Å². The van der Waals surface area contributed by atoms with Gasteiger partial charge in [0.05, 0.1) is 0 Å². The molecule has 0 aliphatic carbocycles. The van der Waals surface area contributed by atoms with Crippen LogP contribution in [-0.4, -0.2) is 0 Å². The molecule has 0 N–H and O–H groups in total. The van der Waals surface area contributed by atoms with Crippen LogP contribution < -0.4 is 0 Å². The molecule has 0 nitrogen and oxygen atoms in total. The number of hydrogen-bond donors (Lipinski definition) is 0. The minimum atomic E-state index is 0. The Kier molecular flexibility index (Phi) is 7.40. The molecule has 0 spiro atoms. The molecular formula is C10H8Cl2Ti-6. The van der Waals surface area contributed by atoms with E-state index in [1.54, 1.807) is 12.1 Å². The molecule has 0 heterocycles. The van der Waals surface area contributed by atoms with Gasteiger partial charge in [-0.2, -0.15) is 23.7 Å². The molecule has 0 aromatic heterocycles. The van der Waals surface area contributed by atoms with Gasteiger partial charge in [-0.25, -0.2) is 6.07 Å². The Morgan fingerprint density at radius 3 is 1.69 bits per heavy atom. The monoisotopic (exact) mass is 246 g/mol. The quantitative estimate of drug-likeness (QED) is 0.485. The summed E-state index contributed by atoms with van der Waals surface area (Å²) in [5, 5.41) is 1.25. The Hall–Kier alpha value is -0.00571. The summed E-state index contributed by atoms with van der Waals surface area (Å²) in [6.45, 7) is 0. The zero-order chi connectivity index (χ0) is 8.81. The van der Waals surface area contributed by atoms with Crippen molar-refractivity contribution in [2.75, 3.05) is 0 Å². The van der Waals surface area contributed by atoms with Crippen molar-refractivity contribution in [3.8, 4) is 0 Å². The SMILES string of the molecule is Clc1ccc[c-]1Cl.[Ti].[cH-]1[cH-][cH-][cH-][cH-]1. The van der Waals surface area contributed by atoms with Gasteiger partial charge in [-0.1, -0.05) is 10.0 Å². The second kappa shape index (κ2) is 7.40. The molecule has 0 unspecified atom stereocenters. The third kappa shape index (κ3) is 5.33. The Morgan fingerprint density at radius 2 is 1.54 bits per heavy atom. The molecule has 13 heavy (non-hydrogen) atoms. The first-order chi connectivity index (χ1) is 5.80. The summed E-state index contributed by atoms with van der Waals surface area (Å²) in [6.07, 6.45) is 0. The summed E-state index contributed by atoms with van der Waals surface area (Å²) in [6, 6.07) is 15.3. The topological polar surface area (TPSA) is 0 Å². The van der Waals surface area contributed by atoms with Gasteiger partial charge in [-0.15, -0.1) is 11.6 Å². The maximum Gasteiger partial charge on any atom is 0 e. The van der Waals surface area contributed by atoms with Crippen LogP contribution in [0, 0.1) is 0 Å². The van der Waals surface area contributed by atoms with Crippen molar-refractivity contribution in [1.29, 1.82) is 0 Å². The number of halogens is 2. The molecule has 0 amide bonds. The van der Waals surface area contributed by atoms with Crippen LogP contribution in [0.3, 0.4) is 0 Å². The Balaban J connectivity index is 0.000000215. The molecule has 2 rings (SSSR count). The molecule has 2 aromatic carbocycles. The van der Waals surface area contributed by atoms with Crippen LogP contribution in [-0.2, 0) is 21.7 Å². The summed E-state index contributed by atoms with van der Waals surface area (Å²) in [7, 11) is 0. The fourth-order valence-corrected chi connectivity index (χ4v) is 0.969. The normalized spacial score (nSPS) is 8.15. The molecule has 72 valence electrons. The zero-order valence-electron chi connectivity index (χ0n) is 6.87. The Morgan fingerprint density at radius 1 is 1.08 bits per heavy atom. The molecule has 2 aromatic rings. The molecule has 0 aliphatic heterocycles. The van der Waals surface area contributed by atoms with Gasteiger partial charge in [-0.3, -0.25) is 0 Å². The van der Waals surface area contributed by atoms with Crippen LogP contribution in [0.1, 0.15) is 0 Å². The molecule has 0 atom stereocenters. The predicted octanol–water partition coefficient (Wildman–Crippen LogP) is 4.12. The van der Waals surface area contributed by atoms with E-state index in [4.69, 9.17) is 23.2 Å². The maximum atomic E-state index is 5.49. The molecule has 0 saturated carbocycles. The fourth-order valence-electron chi connectivity index (χ4n) is 0.697. The van der Waals surface area contributed by atoms with Crippen molar-refractivity contribution >= 4 is 23.2 Å². The van der Waals surface area contributed by atoms with Crippen LogP contribution in [0.5, 0.6) is 0 Å². The first-order valence-electron chi connectivity index (χ1n) is 3.54. The van der Waals surface area contributed by atoms with Gasteiger partial charge in [0.15, 0.2) is 0 Å². The van der Waals surface area contributed by atoms with Crippen LogP contribution in [0.4, 0.5) is 0 Å². The van der Waals surface area contributed by atoms with Crippen molar-refractivity contribution in [3.05, 3.63) is 58.6 Å². The standard InChI is InChI=1S/C5H3Cl2.C5H5.Ti/c6-4-2-1-3-5(4)7;1-2-4-5-3-1;/h1-3H;1-5H;/q-1;-5;. The third-order valence-corrected chi connectivity index (χ3v) is 2.02. The van der Waals surface area contributed by atoms with E-state index < -0.39 is 0 Å². The molecule has 0 saturated heterocycles. The van der Waals surface area contributed by atoms with E-state index in [9.17, 15) is 0 Å². The summed E-state index contributed by atoms with van der Waals surface area (Å²) in [5.41, 5.74) is 0. The summed E-state index contributed by atoms with van der Waals surface area (Å²) >= 11 is 11.0. The summed E-state index contributed by atoms with van der Waals surface area (Å²) < 4.78 is 0. The molecule has 0 aliphatic rings. The number of rotatable bonds is 0. The minimum Gasteiger partial charge on any atom is -0.748 e. The molecule has 0 fully saturated rings. The number of hydrogen-bond acceptors (Lipinski definition) is 0. The molecule has 0 radical (unpaired) electrons. The van der Waals surface area contributed by atoms with Crippen LogP contribution in [0.2, 0.25) is 10.0 Å². The van der Waals surface area contributed by atoms with Gasteiger partial charge in [-0.05, 0) is 0 Å². The fraction of sp³-hybridized carbons (Fsp3) is 0. The zero-order valence-corrected chi connectivity index (χ0v) is 9.95. The molecular weight excluding hydrogens is 239 g/mol. The van der Waals surface area contributed by atoms with Crippen molar-refractivity contribution < 1.29 is 21.7 Å². The van der Waals surface area contributed by atoms with E-state index in [1.165, 1.54) is 0 Å². The van der Waals surface area contributed by atoms with Gasteiger partial charge in [0, 0.05) is 21.7 Å². The first-order valence-corrected chi connectivity index (χ1v) is 4.29. The summed E-state index contributed by atoms with van der Waals surface area (Å²) in [5.74, 6) is 0. The third-order valence-electron chi connectivity index (χ3n) is 1.27. The van der Waals surface area contributed by atoms with Crippen LogP contribution in [0.15, 0.2) is 48.5 Å². The van der Waals surface area contributed by atoms with E-state index in [-0.39, 0.29) is 21.7 Å². The van der Waals surface area contributed by atoms with Gasteiger partial charge in [0.25, 0.3) is 0 Å². The second-order valence-electron chi connectivity index (χ2n) is 2.18. The van der Waals surface area contributed by atoms with Crippen molar-refractivity contribution in [2.45, 2.75) is 0 Å². The van der Waals surface area contributed by atoms with Crippen molar-refractivity contribution in [2.24, 2.45) is 0 Å².